The van der Waals surface area contributed by atoms with Gasteiger partial charge in [0.1, 0.15) is 47.5 Å². The number of hydrogen-bond acceptors (Lipinski definition) is 14. The van der Waals surface area contributed by atoms with Gasteiger partial charge in [-0.15, -0.1) is 0 Å². The van der Waals surface area contributed by atoms with E-state index in [0.29, 0.717) is 22.6 Å². The number of carboxylic acid groups (broad SMARTS) is 1. The Morgan fingerprint density at radius 1 is 0.958 bits per heavy atom. The highest BCUT2D eigenvalue weighted by molar-refractivity contribution is 7.98. The first-order valence-electron chi connectivity index (χ1n) is 22.3. The van der Waals surface area contributed by atoms with E-state index in [1.165, 1.54) is 75.3 Å². The van der Waals surface area contributed by atoms with Gasteiger partial charge in [-0.3, -0.25) is 28.7 Å². The van der Waals surface area contributed by atoms with E-state index >= 15 is 0 Å². The summed E-state index contributed by atoms with van der Waals surface area (Å²) in [6, 6.07) is 11.0. The molecule has 6 rings (SSSR count). The monoisotopic (exact) mass is 1030 g/mol. The van der Waals surface area contributed by atoms with Gasteiger partial charge in [-0.2, -0.15) is 16.5 Å². The van der Waals surface area contributed by atoms with Gasteiger partial charge in [-0.1, -0.05) is 30.3 Å². The Labute approximate surface area is 416 Å². The zero-order chi connectivity index (χ0) is 52.3. The van der Waals surface area contributed by atoms with Crippen LogP contribution in [-0.2, 0) is 46.8 Å². The van der Waals surface area contributed by atoms with Gasteiger partial charge >= 0.3 is 17.7 Å². The highest BCUT2D eigenvalue weighted by Gasteiger charge is 2.38. The molecule has 3 heterocycles. The zero-order valence-corrected chi connectivity index (χ0v) is 41.0. The molecule has 1 aliphatic heterocycles. The van der Waals surface area contributed by atoms with Crippen molar-refractivity contribution in [3.05, 3.63) is 135 Å². The number of fused-ring (bicyclic) bond motifs is 1. The Hall–Kier alpha value is -7.61. The molecule has 5 amide bonds. The van der Waals surface area contributed by atoms with Gasteiger partial charge in [0.25, 0.3) is 5.56 Å². The molecule has 7 atom stereocenters. The Balaban J connectivity index is 1.27. The van der Waals surface area contributed by atoms with Gasteiger partial charge < -0.3 is 55.9 Å². The molecule has 0 radical (unpaired) electrons. The number of nitrogens with one attached hydrogen (secondary N) is 7. The van der Waals surface area contributed by atoms with E-state index in [4.69, 9.17) is 9.47 Å². The Morgan fingerprint density at radius 3 is 2.36 bits per heavy atom. The lowest BCUT2D eigenvalue weighted by molar-refractivity contribution is -0.139. The number of carboxylic acids is 1. The van der Waals surface area contributed by atoms with E-state index in [9.17, 15) is 57.3 Å². The molecule has 5 unspecified atom stereocenters. The second-order valence-electron chi connectivity index (χ2n) is 16.7. The summed E-state index contributed by atoms with van der Waals surface area (Å²) in [6.45, 7) is 1.40. The van der Waals surface area contributed by atoms with Crippen molar-refractivity contribution in [2.75, 3.05) is 26.2 Å². The van der Waals surface area contributed by atoms with E-state index in [2.05, 4.69) is 36.0 Å². The molecule has 72 heavy (non-hydrogen) atoms. The number of aliphatic hydroxyl groups is 1. The molecule has 0 aliphatic carbocycles. The number of sulfonamides is 1. The van der Waals surface area contributed by atoms with Crippen molar-refractivity contribution < 1.29 is 57.2 Å². The maximum Gasteiger partial charge on any atom is 0.331 e. The molecule has 0 spiro atoms. The number of nitrogens with zero attached hydrogens (tertiary/aromatic N) is 2. The number of urea groups is 1. The second kappa shape index (κ2) is 24.0. The van der Waals surface area contributed by atoms with E-state index in [0.717, 1.165) is 38.8 Å². The van der Waals surface area contributed by atoms with E-state index in [-0.39, 0.29) is 42.1 Å². The number of aliphatic hydroxyl groups excluding tert-OH is 1. The SMILES string of the molecule is COc1ccc(S(=O)(=O)NC(Cc2cccc(O)c2)C(=O)N(C)C(C)C(NC(=O)C(CCSC)NC(=O)NC(Cc2c[nH]c3ccccc23)C(=O)O)C(=O)N/C=C2\C[C@@H](O)[C@H](n3ccc(=O)[nH]c3=O)O2)cc1. The number of H-pyrrole nitrogens is 2. The molecule has 25 heteroatoms. The van der Waals surface area contributed by atoms with Gasteiger partial charge in [0.2, 0.25) is 34.0 Å². The number of thioether (sulfide) groups is 1. The fourth-order valence-electron chi connectivity index (χ4n) is 7.81. The van der Waals surface area contributed by atoms with Crippen LogP contribution in [0.1, 0.15) is 37.1 Å². The largest absolute Gasteiger partial charge is 0.508 e. The Kier molecular flexibility index (Phi) is 17.9. The molecule has 1 fully saturated rings. The first-order chi connectivity index (χ1) is 34.3. The van der Waals surface area contributed by atoms with Gasteiger partial charge in [0.05, 0.1) is 18.0 Å². The number of amides is 5. The molecule has 0 bridgehead atoms. The lowest BCUT2D eigenvalue weighted by Gasteiger charge is -2.34. The quantitative estimate of drug-likeness (QED) is 0.0463. The first-order valence-corrected chi connectivity index (χ1v) is 25.2. The van der Waals surface area contributed by atoms with Gasteiger partial charge in [-0.25, -0.2) is 22.8 Å². The number of para-hydroxylation sites is 1. The summed E-state index contributed by atoms with van der Waals surface area (Å²) in [7, 11) is -1.75. The number of carbonyl (C=O) groups is 5. The smallest absolute Gasteiger partial charge is 0.331 e. The number of phenolic OH excluding ortho intramolecular Hbond substituents is 1. The van der Waals surface area contributed by atoms with Crippen LogP contribution in [0.15, 0.2) is 118 Å². The minimum absolute atomic E-state index is 0.0154. The van der Waals surface area contributed by atoms with Crippen LogP contribution in [0.3, 0.4) is 0 Å². The highest BCUT2D eigenvalue weighted by Crippen LogP contribution is 2.30. The van der Waals surface area contributed by atoms with Crippen molar-refractivity contribution in [2.45, 2.75) is 80.0 Å². The Bertz CT molecular complexity index is 3030. The predicted molar refractivity (Wildman–Crippen MR) is 263 cm³/mol. The van der Waals surface area contributed by atoms with E-state index in [1.54, 1.807) is 30.7 Å². The molecule has 23 nitrogen and oxygen atoms in total. The minimum atomic E-state index is -4.43. The van der Waals surface area contributed by atoms with Crippen molar-refractivity contribution in [3.8, 4) is 11.5 Å². The van der Waals surface area contributed by atoms with Crippen molar-refractivity contribution >= 4 is 62.4 Å². The van der Waals surface area contributed by atoms with Crippen LogP contribution in [0.4, 0.5) is 4.79 Å². The molecule has 10 N–H and O–H groups in total. The fourth-order valence-corrected chi connectivity index (χ4v) is 9.47. The third kappa shape index (κ3) is 13.6. The van der Waals surface area contributed by atoms with Crippen LogP contribution in [0.2, 0.25) is 0 Å². The third-order valence-electron chi connectivity index (χ3n) is 11.8. The molecule has 2 aromatic heterocycles. The highest BCUT2D eigenvalue weighted by atomic mass is 32.2. The fraction of sp³-hybridized carbons (Fsp3) is 0.340. The van der Waals surface area contributed by atoms with Crippen molar-refractivity contribution in [3.63, 3.8) is 0 Å². The number of ether oxygens (including phenoxy) is 2. The number of rotatable bonds is 22. The normalized spacial score (nSPS) is 17.2. The summed E-state index contributed by atoms with van der Waals surface area (Å²) in [5.41, 5.74) is 0.168. The van der Waals surface area contributed by atoms with Crippen LogP contribution in [0.5, 0.6) is 11.5 Å². The molecule has 1 saturated heterocycles. The number of benzene rings is 3. The molecule has 0 saturated carbocycles. The first kappa shape index (κ1) is 53.7. The molecule has 1 aliphatic rings. The van der Waals surface area contributed by atoms with Crippen LogP contribution in [0, 0.1) is 0 Å². The summed E-state index contributed by atoms with van der Waals surface area (Å²) < 4.78 is 41.9. The average molecular weight is 1030 g/mol. The lowest BCUT2D eigenvalue weighted by Crippen LogP contribution is -2.62. The summed E-state index contributed by atoms with van der Waals surface area (Å²) in [5, 5.41) is 42.0. The van der Waals surface area contributed by atoms with Crippen molar-refractivity contribution in [1.82, 2.24) is 45.4 Å². The summed E-state index contributed by atoms with van der Waals surface area (Å²) in [5.74, 6) is -3.64. The van der Waals surface area contributed by atoms with Gasteiger partial charge in [0, 0.05) is 55.5 Å². The van der Waals surface area contributed by atoms with Gasteiger partial charge in [0.15, 0.2) is 0 Å². The zero-order valence-electron chi connectivity index (χ0n) is 39.4. The molecule has 384 valence electrons. The Morgan fingerprint density at radius 2 is 1.68 bits per heavy atom. The number of aromatic hydroxyl groups is 1. The van der Waals surface area contributed by atoms with Crippen molar-refractivity contribution in [1.29, 1.82) is 0 Å². The third-order valence-corrected chi connectivity index (χ3v) is 13.9. The summed E-state index contributed by atoms with van der Waals surface area (Å²) in [4.78, 5) is 99.4. The van der Waals surface area contributed by atoms with E-state index in [1.807, 2.05) is 12.1 Å². The predicted octanol–water partition coefficient (Wildman–Crippen LogP) is 1.01. The number of likely N-dealkylation sites (N-methyl/N-ethyl adjacent to an activating group) is 1. The summed E-state index contributed by atoms with van der Waals surface area (Å²) >= 11 is 1.33. The topological polar surface area (TPSA) is 333 Å². The minimum Gasteiger partial charge on any atom is -0.508 e. The standard InChI is InChI=1S/C47H55N9O14S2/c1-26(55(2)43(62)36(21-27-8-7-9-29(57)20-27)54-72(67,68)32-14-12-30(69-3)13-15-32)40(42(61)49-25-31-23-38(58)44(70-31)56-18-16-39(59)52-47(56)66)53-41(60)35(17-19-71-4)50-46(65)51-37(45(63)64)22-28-24-48-34-11-6-5-10-33(28)34/h5-16,18,20,24-26,35-38,40,44,48,54,57-58H,17,19,21-23H2,1-4H3,(H,49,61)(H,53,60)(H,63,64)(H2,50,51,65)(H,52,59,66)/b31-25+/t26?,35?,36?,37?,38-,40?,44-/m1/s1. The number of aliphatic carboxylic acids is 1. The van der Waals surface area contributed by atoms with Crippen LogP contribution < -0.4 is 42.0 Å². The molecular weight excluding hydrogens is 979 g/mol. The van der Waals surface area contributed by atoms with E-state index < -0.39 is 93.5 Å². The summed E-state index contributed by atoms with van der Waals surface area (Å²) in [6.07, 6.45) is 2.30. The van der Waals surface area contributed by atoms with Crippen molar-refractivity contribution in [2.24, 2.45) is 0 Å². The van der Waals surface area contributed by atoms with Crippen LogP contribution in [0.25, 0.3) is 10.9 Å². The maximum atomic E-state index is 14.6. The number of aromatic nitrogens is 3. The molecule has 5 aromatic rings. The van der Waals surface area contributed by atoms with Crippen LogP contribution in [-0.4, -0.2) is 135 Å². The average Bonchev–Trinajstić information content (AvgIpc) is 3.94. The number of carbonyl (C=O) groups excluding carboxylic acids is 4. The number of phenols is 1. The number of methoxy groups -OCH3 is 1. The maximum absolute atomic E-state index is 14.6. The second-order valence-corrected chi connectivity index (χ2v) is 19.4. The number of aromatic amines is 2. The number of hydrogen-bond donors (Lipinski definition) is 10. The van der Waals surface area contributed by atoms with Gasteiger partial charge in [-0.05, 0) is 85.4 Å². The molecule has 3 aromatic carbocycles. The molecular formula is C47H55N9O14S2. The van der Waals surface area contributed by atoms with Crippen LogP contribution >= 0.6 is 11.8 Å². The lowest BCUT2D eigenvalue weighted by atomic mass is 10.0.